The zero-order valence-electron chi connectivity index (χ0n) is 13.2. The van der Waals surface area contributed by atoms with Crippen molar-refractivity contribution in [2.45, 2.75) is 46.7 Å². The average molecular weight is 262 g/mol. The van der Waals surface area contributed by atoms with Gasteiger partial charge < -0.3 is 10.2 Å². The highest BCUT2D eigenvalue weighted by atomic mass is 16.2. The molecule has 1 aromatic carbocycles. The van der Waals surface area contributed by atoms with Crippen LogP contribution < -0.4 is 5.32 Å². The first-order valence-electron chi connectivity index (χ1n) is 6.71. The Balaban J connectivity index is 2.92. The predicted molar refractivity (Wildman–Crippen MR) is 80.3 cm³/mol. The Hall–Kier alpha value is -1.35. The Kier molecular flexibility index (Phi) is 4.75. The summed E-state index contributed by atoms with van der Waals surface area (Å²) in [7, 11) is 3.67. The van der Waals surface area contributed by atoms with Crippen LogP contribution in [-0.2, 0) is 11.3 Å². The number of hydrogen-bond donors (Lipinski definition) is 1. The van der Waals surface area contributed by atoms with Gasteiger partial charge in [0.2, 0.25) is 5.91 Å². The molecule has 0 bridgehead atoms. The topological polar surface area (TPSA) is 32.3 Å². The molecule has 3 heteroatoms. The maximum Gasteiger partial charge on any atom is 0.242 e. The number of rotatable bonds is 4. The van der Waals surface area contributed by atoms with Crippen LogP contribution in [0.4, 0.5) is 0 Å². The van der Waals surface area contributed by atoms with Gasteiger partial charge in [-0.05, 0) is 63.9 Å². The quantitative estimate of drug-likeness (QED) is 0.904. The van der Waals surface area contributed by atoms with Gasteiger partial charge in [0.1, 0.15) is 0 Å². The number of likely N-dealkylation sites (N-methyl/N-ethyl adjacent to an activating group) is 2. The molecule has 0 heterocycles. The SMILES string of the molecule is CNC(C)(C)C(=O)N(C)Cc1ccc(C)c(C)c1C. The molecule has 1 rings (SSSR count). The fourth-order valence-electron chi connectivity index (χ4n) is 2.09. The molecule has 0 atom stereocenters. The average Bonchev–Trinajstić information content (AvgIpc) is 2.38. The van der Waals surface area contributed by atoms with E-state index in [0.717, 1.165) is 0 Å². The first-order valence-corrected chi connectivity index (χ1v) is 6.71. The lowest BCUT2D eigenvalue weighted by Gasteiger charge is -2.29. The minimum atomic E-state index is -0.525. The Morgan fingerprint density at radius 2 is 1.79 bits per heavy atom. The molecule has 0 radical (unpaired) electrons. The normalized spacial score (nSPS) is 11.5. The molecule has 0 saturated heterocycles. The Morgan fingerprint density at radius 1 is 1.21 bits per heavy atom. The van der Waals surface area contributed by atoms with E-state index in [1.54, 1.807) is 4.90 Å². The molecule has 0 fully saturated rings. The number of carbonyl (C=O) groups is 1. The molecular weight excluding hydrogens is 236 g/mol. The van der Waals surface area contributed by atoms with Gasteiger partial charge in [-0.25, -0.2) is 0 Å². The maximum atomic E-state index is 12.3. The molecule has 1 aromatic rings. The highest BCUT2D eigenvalue weighted by molar-refractivity contribution is 5.85. The summed E-state index contributed by atoms with van der Waals surface area (Å²) in [6, 6.07) is 4.24. The third-order valence-corrected chi connectivity index (χ3v) is 4.08. The van der Waals surface area contributed by atoms with Crippen LogP contribution in [-0.4, -0.2) is 30.4 Å². The summed E-state index contributed by atoms with van der Waals surface area (Å²) in [4.78, 5) is 14.1. The molecule has 0 aliphatic heterocycles. The fourth-order valence-corrected chi connectivity index (χ4v) is 2.09. The van der Waals surface area contributed by atoms with Gasteiger partial charge in [0.05, 0.1) is 5.54 Å². The minimum absolute atomic E-state index is 0.104. The van der Waals surface area contributed by atoms with Gasteiger partial charge in [-0.2, -0.15) is 0 Å². The fraction of sp³-hybridized carbons (Fsp3) is 0.562. The van der Waals surface area contributed by atoms with Crippen molar-refractivity contribution in [1.82, 2.24) is 10.2 Å². The molecule has 1 amide bonds. The van der Waals surface area contributed by atoms with Crippen molar-refractivity contribution >= 4 is 5.91 Å². The summed E-state index contributed by atoms with van der Waals surface area (Å²) < 4.78 is 0. The van der Waals surface area contributed by atoms with Gasteiger partial charge >= 0.3 is 0 Å². The van der Waals surface area contributed by atoms with Crippen LogP contribution in [0.3, 0.4) is 0 Å². The highest BCUT2D eigenvalue weighted by Gasteiger charge is 2.28. The van der Waals surface area contributed by atoms with Gasteiger partial charge in [0, 0.05) is 13.6 Å². The highest BCUT2D eigenvalue weighted by Crippen LogP contribution is 2.19. The number of benzene rings is 1. The Bertz CT molecular complexity index is 478. The summed E-state index contributed by atoms with van der Waals surface area (Å²) in [5, 5.41) is 3.05. The van der Waals surface area contributed by atoms with Crippen molar-refractivity contribution in [3.63, 3.8) is 0 Å². The number of nitrogens with one attached hydrogen (secondary N) is 1. The van der Waals surface area contributed by atoms with Crippen molar-refractivity contribution in [2.24, 2.45) is 0 Å². The first-order chi connectivity index (χ1) is 8.70. The summed E-state index contributed by atoms with van der Waals surface area (Å²) in [5.74, 6) is 0.104. The molecule has 3 nitrogen and oxygen atoms in total. The summed E-state index contributed by atoms with van der Waals surface area (Å²) in [6.45, 7) is 10.8. The van der Waals surface area contributed by atoms with E-state index in [-0.39, 0.29) is 5.91 Å². The van der Waals surface area contributed by atoms with Crippen LogP contribution in [0.1, 0.15) is 36.1 Å². The predicted octanol–water partition coefficient (Wildman–Crippen LogP) is 2.57. The van der Waals surface area contributed by atoms with Gasteiger partial charge in [-0.15, -0.1) is 0 Å². The van der Waals surface area contributed by atoms with Crippen LogP contribution >= 0.6 is 0 Å². The number of nitrogens with zero attached hydrogens (tertiary/aromatic N) is 1. The number of hydrogen-bond acceptors (Lipinski definition) is 2. The van der Waals surface area contributed by atoms with E-state index in [2.05, 4.69) is 38.2 Å². The monoisotopic (exact) mass is 262 g/mol. The van der Waals surface area contributed by atoms with Crippen LogP contribution in [0.15, 0.2) is 12.1 Å². The van der Waals surface area contributed by atoms with Gasteiger partial charge in [0.15, 0.2) is 0 Å². The molecule has 0 aromatic heterocycles. The van der Waals surface area contributed by atoms with E-state index in [1.165, 1.54) is 22.3 Å². The smallest absolute Gasteiger partial charge is 0.242 e. The van der Waals surface area contributed by atoms with Crippen LogP contribution in [0.25, 0.3) is 0 Å². The van der Waals surface area contributed by atoms with E-state index in [4.69, 9.17) is 0 Å². The standard InChI is InChI=1S/C16H26N2O/c1-11-8-9-14(13(3)12(11)2)10-18(7)15(19)16(4,5)17-6/h8-9,17H,10H2,1-7H3. The molecule has 0 saturated carbocycles. The van der Waals surface area contributed by atoms with E-state index in [0.29, 0.717) is 6.54 Å². The molecule has 106 valence electrons. The lowest BCUT2D eigenvalue weighted by molar-refractivity contribution is -0.136. The zero-order chi connectivity index (χ0) is 14.8. The van der Waals surface area contributed by atoms with Crippen molar-refractivity contribution in [3.05, 3.63) is 34.4 Å². The summed E-state index contributed by atoms with van der Waals surface area (Å²) >= 11 is 0. The second-order valence-electron chi connectivity index (χ2n) is 5.83. The second kappa shape index (κ2) is 5.74. The van der Waals surface area contributed by atoms with Crippen molar-refractivity contribution in [2.75, 3.05) is 14.1 Å². The molecule has 0 aliphatic carbocycles. The van der Waals surface area contributed by atoms with Gasteiger partial charge in [-0.1, -0.05) is 12.1 Å². The van der Waals surface area contributed by atoms with Crippen LogP contribution in [0.2, 0.25) is 0 Å². The molecule has 1 N–H and O–H groups in total. The molecular formula is C16H26N2O. The zero-order valence-corrected chi connectivity index (χ0v) is 13.2. The van der Waals surface area contributed by atoms with E-state index in [1.807, 2.05) is 27.9 Å². The largest absolute Gasteiger partial charge is 0.340 e. The van der Waals surface area contributed by atoms with Crippen molar-refractivity contribution in [1.29, 1.82) is 0 Å². The van der Waals surface area contributed by atoms with Crippen LogP contribution in [0.5, 0.6) is 0 Å². The van der Waals surface area contributed by atoms with E-state index >= 15 is 0 Å². The van der Waals surface area contributed by atoms with E-state index in [9.17, 15) is 4.79 Å². The lowest BCUT2D eigenvalue weighted by Crippen LogP contribution is -2.51. The van der Waals surface area contributed by atoms with Crippen LogP contribution in [0, 0.1) is 20.8 Å². The van der Waals surface area contributed by atoms with Gasteiger partial charge in [0.25, 0.3) is 0 Å². The van der Waals surface area contributed by atoms with Gasteiger partial charge in [-0.3, -0.25) is 4.79 Å². The molecule has 19 heavy (non-hydrogen) atoms. The maximum absolute atomic E-state index is 12.3. The molecule has 0 aliphatic rings. The molecule has 0 unspecified atom stereocenters. The summed E-state index contributed by atoms with van der Waals surface area (Å²) in [5.41, 5.74) is 4.58. The number of carbonyl (C=O) groups excluding carboxylic acids is 1. The Morgan fingerprint density at radius 3 is 2.32 bits per heavy atom. The number of aryl methyl sites for hydroxylation is 1. The first kappa shape index (κ1) is 15.7. The lowest BCUT2D eigenvalue weighted by atomic mass is 9.98. The number of amides is 1. The molecule has 0 spiro atoms. The third-order valence-electron chi connectivity index (χ3n) is 4.08. The second-order valence-corrected chi connectivity index (χ2v) is 5.83. The van der Waals surface area contributed by atoms with Crippen molar-refractivity contribution in [3.8, 4) is 0 Å². The minimum Gasteiger partial charge on any atom is -0.340 e. The third kappa shape index (κ3) is 3.35. The van der Waals surface area contributed by atoms with E-state index < -0.39 is 5.54 Å². The summed E-state index contributed by atoms with van der Waals surface area (Å²) in [6.07, 6.45) is 0. The van der Waals surface area contributed by atoms with Crippen molar-refractivity contribution < 1.29 is 4.79 Å². The Labute approximate surface area is 117 Å².